The topological polar surface area (TPSA) is 48.1 Å². The fraction of sp³-hybridized carbons (Fsp3) is 0.571. The lowest BCUT2D eigenvalue weighted by molar-refractivity contribution is 0.0823. The molecule has 1 aromatic carbocycles. The smallest absolute Gasteiger partial charge is 0.268 e. The molecule has 1 aliphatic carbocycles. The van der Waals surface area contributed by atoms with E-state index in [2.05, 4.69) is 21.5 Å². The molecule has 6 heteroatoms. The van der Waals surface area contributed by atoms with E-state index in [1.807, 2.05) is 36.0 Å². The number of benzene rings is 1. The van der Waals surface area contributed by atoms with Crippen molar-refractivity contribution in [3.8, 4) is 0 Å². The van der Waals surface area contributed by atoms with Crippen LogP contribution in [0.25, 0.3) is 10.9 Å². The first-order valence-electron chi connectivity index (χ1n) is 9.96. The average Bonchev–Trinajstić information content (AvgIpc) is 3.32. The third kappa shape index (κ3) is 4.30. The number of halogens is 1. The second-order valence-electron chi connectivity index (χ2n) is 7.94. The molecule has 0 radical (unpaired) electrons. The third-order valence-electron chi connectivity index (χ3n) is 6.08. The zero-order valence-corrected chi connectivity index (χ0v) is 17.4. The number of hydrogen-bond donors (Lipinski definition) is 2. The van der Waals surface area contributed by atoms with Crippen molar-refractivity contribution in [2.24, 2.45) is 5.92 Å². The monoisotopic (exact) mass is 405 g/mol. The van der Waals surface area contributed by atoms with Crippen LogP contribution in [0.2, 0.25) is 5.02 Å². The van der Waals surface area contributed by atoms with Crippen molar-refractivity contribution in [2.45, 2.75) is 44.2 Å². The number of H-pyrrole nitrogens is 1. The van der Waals surface area contributed by atoms with Gasteiger partial charge in [0.2, 0.25) is 0 Å². The Bertz CT molecular complexity index is 802. The van der Waals surface area contributed by atoms with Gasteiger partial charge in [-0.25, -0.2) is 0 Å². The lowest BCUT2D eigenvalue weighted by atomic mass is 9.82. The van der Waals surface area contributed by atoms with Gasteiger partial charge in [0.25, 0.3) is 5.91 Å². The molecule has 0 unspecified atom stereocenters. The van der Waals surface area contributed by atoms with E-state index in [1.54, 1.807) is 0 Å². The molecule has 146 valence electrons. The number of aromatic nitrogens is 1. The van der Waals surface area contributed by atoms with Gasteiger partial charge in [0.1, 0.15) is 5.69 Å². The molecular formula is C21H28ClN3OS. The summed E-state index contributed by atoms with van der Waals surface area (Å²) in [6.45, 7) is 2.35. The van der Waals surface area contributed by atoms with E-state index in [0.29, 0.717) is 16.8 Å². The number of rotatable bonds is 5. The molecule has 2 N–H and O–H groups in total. The lowest BCUT2D eigenvalue weighted by Crippen LogP contribution is -2.54. The minimum absolute atomic E-state index is 0.000152. The summed E-state index contributed by atoms with van der Waals surface area (Å²) >= 11 is 8.02. The number of thioether (sulfide) groups is 1. The Kier molecular flexibility index (Phi) is 6.00. The predicted octanol–water partition coefficient (Wildman–Crippen LogP) is 4.55. The second-order valence-corrected chi connectivity index (χ2v) is 9.29. The molecule has 1 saturated heterocycles. The predicted molar refractivity (Wildman–Crippen MR) is 115 cm³/mol. The van der Waals surface area contributed by atoms with E-state index in [4.69, 9.17) is 11.6 Å². The van der Waals surface area contributed by atoms with Gasteiger partial charge in [-0.05, 0) is 87.4 Å². The molecule has 2 aliphatic rings. The molecule has 2 fully saturated rings. The number of fused-ring (bicyclic) bond motifs is 1. The van der Waals surface area contributed by atoms with Crippen LogP contribution in [0.15, 0.2) is 24.3 Å². The summed E-state index contributed by atoms with van der Waals surface area (Å²) in [5.41, 5.74) is 1.57. The Morgan fingerprint density at radius 2 is 2.11 bits per heavy atom. The van der Waals surface area contributed by atoms with Gasteiger partial charge < -0.3 is 10.3 Å². The highest BCUT2D eigenvalue weighted by Gasteiger charge is 2.36. The van der Waals surface area contributed by atoms with Gasteiger partial charge in [0, 0.05) is 28.0 Å². The molecular weight excluding hydrogens is 378 g/mol. The van der Waals surface area contributed by atoms with Crippen LogP contribution in [0.4, 0.5) is 0 Å². The zero-order chi connectivity index (χ0) is 18.8. The highest BCUT2D eigenvalue weighted by atomic mass is 35.5. The van der Waals surface area contributed by atoms with Crippen LogP contribution in [0.1, 0.15) is 42.6 Å². The summed E-state index contributed by atoms with van der Waals surface area (Å²) in [4.78, 5) is 18.8. The number of nitrogens with one attached hydrogen (secondary N) is 2. The van der Waals surface area contributed by atoms with E-state index >= 15 is 0 Å². The summed E-state index contributed by atoms with van der Waals surface area (Å²) in [7, 11) is 0. The number of carbonyl (C=O) groups excluding carboxylic acids is 1. The summed E-state index contributed by atoms with van der Waals surface area (Å²) < 4.78 is 0. The van der Waals surface area contributed by atoms with Crippen LogP contribution in [0.5, 0.6) is 0 Å². The van der Waals surface area contributed by atoms with Crippen molar-refractivity contribution in [1.29, 1.82) is 0 Å². The molecule has 1 amide bonds. The Morgan fingerprint density at radius 3 is 2.89 bits per heavy atom. The third-order valence-corrected chi connectivity index (χ3v) is 7.12. The Morgan fingerprint density at radius 1 is 1.30 bits per heavy atom. The van der Waals surface area contributed by atoms with Crippen LogP contribution in [-0.4, -0.2) is 53.0 Å². The molecule has 1 aromatic heterocycles. The van der Waals surface area contributed by atoms with E-state index in [1.165, 1.54) is 44.5 Å². The van der Waals surface area contributed by atoms with E-state index in [9.17, 15) is 4.79 Å². The number of aromatic amines is 1. The van der Waals surface area contributed by atoms with Gasteiger partial charge in [-0.2, -0.15) is 11.8 Å². The Balaban J connectivity index is 1.49. The molecule has 0 bridgehead atoms. The minimum Gasteiger partial charge on any atom is -0.351 e. The molecule has 1 aliphatic heterocycles. The summed E-state index contributed by atoms with van der Waals surface area (Å²) in [5.74, 6) is 2.00. The van der Waals surface area contributed by atoms with Gasteiger partial charge in [-0.15, -0.1) is 0 Å². The van der Waals surface area contributed by atoms with Gasteiger partial charge in [-0.3, -0.25) is 9.69 Å². The molecule has 4 nitrogen and oxygen atoms in total. The molecule has 2 heterocycles. The fourth-order valence-electron chi connectivity index (χ4n) is 4.74. The van der Waals surface area contributed by atoms with E-state index in [-0.39, 0.29) is 11.9 Å². The molecule has 27 heavy (non-hydrogen) atoms. The fourth-order valence-corrected chi connectivity index (χ4v) is 5.69. The van der Waals surface area contributed by atoms with Crippen molar-refractivity contribution in [3.63, 3.8) is 0 Å². The van der Waals surface area contributed by atoms with Crippen molar-refractivity contribution < 1.29 is 4.79 Å². The molecule has 1 saturated carbocycles. The highest BCUT2D eigenvalue weighted by molar-refractivity contribution is 7.98. The number of likely N-dealkylation sites (tertiary alicyclic amines) is 1. The van der Waals surface area contributed by atoms with E-state index in [0.717, 1.165) is 23.2 Å². The molecule has 4 rings (SSSR count). The molecule has 0 spiro atoms. The highest BCUT2D eigenvalue weighted by Crippen LogP contribution is 2.32. The first-order valence-corrected chi connectivity index (χ1v) is 11.7. The van der Waals surface area contributed by atoms with Gasteiger partial charge in [0.15, 0.2) is 0 Å². The van der Waals surface area contributed by atoms with Crippen molar-refractivity contribution in [3.05, 3.63) is 35.0 Å². The van der Waals surface area contributed by atoms with Crippen LogP contribution < -0.4 is 5.32 Å². The first-order chi connectivity index (χ1) is 13.1. The summed E-state index contributed by atoms with van der Waals surface area (Å²) in [5, 5.41) is 5.02. The molecule has 2 aromatic rings. The van der Waals surface area contributed by atoms with Crippen molar-refractivity contribution >= 4 is 40.2 Å². The Hall–Kier alpha value is -1.17. The number of nitrogens with zero attached hydrogens (tertiary/aromatic N) is 1. The average molecular weight is 406 g/mol. The van der Waals surface area contributed by atoms with Crippen LogP contribution in [0.3, 0.4) is 0 Å². The largest absolute Gasteiger partial charge is 0.351 e. The first kappa shape index (κ1) is 19.2. The maximum Gasteiger partial charge on any atom is 0.268 e. The van der Waals surface area contributed by atoms with E-state index < -0.39 is 0 Å². The SMILES string of the molecule is CSC[C@H]1CC[C@H](NC(=O)c2cc3cc(Cl)ccc3[nH]2)[C@H](N2CCCC2)C1. The standard InChI is InChI=1S/C21H28ClN3OS/c1-27-13-14-4-6-18(20(10-14)25-8-2-3-9-25)24-21(26)19-12-15-11-16(22)5-7-17(15)23-19/h5,7,11-12,14,18,20,23H,2-4,6,8-10,13H2,1H3,(H,24,26)/t14-,18-,20+/m0/s1. The number of amides is 1. The van der Waals surface area contributed by atoms with Crippen LogP contribution in [0, 0.1) is 5.92 Å². The van der Waals surface area contributed by atoms with Crippen LogP contribution in [-0.2, 0) is 0 Å². The van der Waals surface area contributed by atoms with Crippen molar-refractivity contribution in [2.75, 3.05) is 25.1 Å². The number of hydrogen-bond acceptors (Lipinski definition) is 3. The Labute approximate surface area is 170 Å². The quantitative estimate of drug-likeness (QED) is 0.767. The number of carbonyl (C=O) groups is 1. The van der Waals surface area contributed by atoms with Gasteiger partial charge in [0.05, 0.1) is 0 Å². The maximum absolute atomic E-state index is 12.9. The van der Waals surface area contributed by atoms with Gasteiger partial charge >= 0.3 is 0 Å². The van der Waals surface area contributed by atoms with Crippen LogP contribution >= 0.6 is 23.4 Å². The zero-order valence-electron chi connectivity index (χ0n) is 15.8. The second kappa shape index (κ2) is 8.46. The van der Waals surface area contributed by atoms with Gasteiger partial charge in [-0.1, -0.05) is 11.6 Å². The normalized spacial score (nSPS) is 26.5. The maximum atomic E-state index is 12.9. The summed E-state index contributed by atoms with van der Waals surface area (Å²) in [6, 6.07) is 8.28. The van der Waals surface area contributed by atoms with Crippen molar-refractivity contribution in [1.82, 2.24) is 15.2 Å². The lowest BCUT2D eigenvalue weighted by Gasteiger charge is -2.41. The minimum atomic E-state index is -0.000152. The summed E-state index contributed by atoms with van der Waals surface area (Å²) in [6.07, 6.45) is 8.25. The molecule has 3 atom stereocenters.